The predicted octanol–water partition coefficient (Wildman–Crippen LogP) is 1.84. The Morgan fingerprint density at radius 3 is 2.76 bits per heavy atom. The largest absolute Gasteiger partial charge is 0.456 e. The number of carbonyl (C=O) groups excluding carboxylic acids is 2. The van der Waals surface area contributed by atoms with E-state index in [1.54, 1.807) is 6.92 Å². The number of hydrogen-bond acceptors (Lipinski definition) is 5. The summed E-state index contributed by atoms with van der Waals surface area (Å²) < 4.78 is 16.3. The molecule has 2 aliphatic rings. The Balaban J connectivity index is 1.89. The average Bonchev–Trinajstić information content (AvgIpc) is 3.02. The number of esters is 1. The third kappa shape index (κ3) is 3.12. The van der Waals surface area contributed by atoms with Crippen LogP contribution in [-0.2, 0) is 23.8 Å². The van der Waals surface area contributed by atoms with Gasteiger partial charge in [0.05, 0.1) is 25.2 Å². The van der Waals surface area contributed by atoms with Crippen LogP contribution in [0.2, 0.25) is 0 Å². The Morgan fingerprint density at radius 2 is 2.10 bits per heavy atom. The van der Waals surface area contributed by atoms with Crippen LogP contribution in [0.15, 0.2) is 0 Å². The van der Waals surface area contributed by atoms with E-state index in [0.29, 0.717) is 45.5 Å². The monoisotopic (exact) mass is 294 g/mol. The van der Waals surface area contributed by atoms with E-state index >= 15 is 0 Å². The number of ether oxygens (including phenoxy) is 3. The van der Waals surface area contributed by atoms with Gasteiger partial charge in [-0.3, -0.25) is 4.79 Å². The molecule has 0 radical (unpaired) electrons. The zero-order chi connectivity index (χ0) is 15.3. The summed E-state index contributed by atoms with van der Waals surface area (Å²) in [5.41, 5.74) is -0.602. The van der Waals surface area contributed by atoms with Crippen molar-refractivity contribution in [1.82, 2.24) is 0 Å². The minimum absolute atomic E-state index is 0.197. The lowest BCUT2D eigenvalue weighted by Crippen LogP contribution is -2.46. The van der Waals surface area contributed by atoms with Crippen LogP contribution >= 0.6 is 0 Å². The van der Waals surface area contributed by atoms with Crippen molar-refractivity contribution in [3.8, 4) is 11.8 Å². The van der Waals surface area contributed by atoms with Gasteiger partial charge in [-0.1, -0.05) is 5.92 Å². The van der Waals surface area contributed by atoms with Crippen molar-refractivity contribution >= 4 is 11.8 Å². The number of Topliss-reactive ketones (excluding diaryl/α,β-unsaturated/α-hetero) is 1. The van der Waals surface area contributed by atoms with E-state index in [4.69, 9.17) is 14.2 Å². The van der Waals surface area contributed by atoms with Crippen molar-refractivity contribution in [3.05, 3.63) is 0 Å². The number of hydrogen-bond donors (Lipinski definition) is 0. The van der Waals surface area contributed by atoms with Crippen molar-refractivity contribution in [2.45, 2.75) is 51.7 Å². The highest BCUT2D eigenvalue weighted by atomic mass is 16.7. The SMILES string of the molecule is CCOC(=O)C#CCCCC1(C)C(=O)CCC12OCCO2. The first-order valence-corrected chi connectivity index (χ1v) is 7.51. The average molecular weight is 294 g/mol. The third-order valence-electron chi connectivity index (χ3n) is 4.34. The first-order valence-electron chi connectivity index (χ1n) is 7.51. The highest BCUT2D eigenvalue weighted by Crippen LogP contribution is 2.51. The molecular weight excluding hydrogens is 272 g/mol. The minimum Gasteiger partial charge on any atom is -0.456 e. The van der Waals surface area contributed by atoms with E-state index in [1.807, 2.05) is 6.92 Å². The van der Waals surface area contributed by atoms with Gasteiger partial charge >= 0.3 is 5.97 Å². The normalized spacial score (nSPS) is 26.7. The van der Waals surface area contributed by atoms with E-state index < -0.39 is 17.2 Å². The maximum Gasteiger partial charge on any atom is 0.384 e. The molecule has 0 bridgehead atoms. The van der Waals surface area contributed by atoms with Gasteiger partial charge in [-0.05, 0) is 26.7 Å². The Bertz CT molecular complexity index is 467. The van der Waals surface area contributed by atoms with Crippen LogP contribution in [0, 0.1) is 17.3 Å². The molecule has 1 spiro atoms. The fraction of sp³-hybridized carbons (Fsp3) is 0.750. The van der Waals surface area contributed by atoms with Crippen LogP contribution in [0.3, 0.4) is 0 Å². The molecule has 1 unspecified atom stereocenters. The summed E-state index contributed by atoms with van der Waals surface area (Å²) in [5.74, 6) is 4.18. The molecule has 0 aromatic rings. The highest BCUT2D eigenvalue weighted by molar-refractivity contribution is 5.88. The Morgan fingerprint density at radius 1 is 1.38 bits per heavy atom. The summed E-state index contributed by atoms with van der Waals surface area (Å²) in [6, 6.07) is 0. The smallest absolute Gasteiger partial charge is 0.384 e. The van der Waals surface area contributed by atoms with Crippen molar-refractivity contribution in [2.24, 2.45) is 5.41 Å². The third-order valence-corrected chi connectivity index (χ3v) is 4.34. The van der Waals surface area contributed by atoms with Crippen LogP contribution in [0.5, 0.6) is 0 Å². The van der Waals surface area contributed by atoms with E-state index in [-0.39, 0.29) is 5.78 Å². The number of ketones is 1. The molecule has 0 amide bonds. The summed E-state index contributed by atoms with van der Waals surface area (Å²) in [7, 11) is 0. The van der Waals surface area contributed by atoms with Gasteiger partial charge in [-0.25, -0.2) is 4.79 Å². The molecular formula is C16H22O5. The maximum atomic E-state index is 12.2. The molecule has 116 valence electrons. The summed E-state index contributed by atoms with van der Waals surface area (Å²) in [4.78, 5) is 23.3. The molecule has 2 rings (SSSR count). The Labute approximate surface area is 125 Å². The van der Waals surface area contributed by atoms with Crippen LogP contribution in [-0.4, -0.2) is 37.4 Å². The molecule has 0 N–H and O–H groups in total. The lowest BCUT2D eigenvalue weighted by Gasteiger charge is -2.37. The fourth-order valence-corrected chi connectivity index (χ4v) is 3.12. The summed E-state index contributed by atoms with van der Waals surface area (Å²) in [6.45, 7) is 5.09. The van der Waals surface area contributed by atoms with E-state index in [2.05, 4.69) is 11.8 Å². The molecule has 1 saturated heterocycles. The zero-order valence-corrected chi connectivity index (χ0v) is 12.7. The van der Waals surface area contributed by atoms with Crippen molar-refractivity contribution in [2.75, 3.05) is 19.8 Å². The Kier molecular flexibility index (Phi) is 5.02. The lowest BCUT2D eigenvalue weighted by atomic mass is 9.78. The zero-order valence-electron chi connectivity index (χ0n) is 12.7. The lowest BCUT2D eigenvalue weighted by molar-refractivity contribution is -0.216. The Hall–Kier alpha value is -1.38. The highest BCUT2D eigenvalue weighted by Gasteiger charge is 2.60. The van der Waals surface area contributed by atoms with Crippen molar-refractivity contribution in [3.63, 3.8) is 0 Å². The first kappa shape index (κ1) is 16.0. The molecule has 2 fully saturated rings. The fourth-order valence-electron chi connectivity index (χ4n) is 3.12. The van der Waals surface area contributed by atoms with Gasteiger partial charge in [-0.2, -0.15) is 0 Å². The standard InChI is InChI=1S/C16H22O5/c1-3-19-14(18)7-5-4-6-9-15(2)13(17)8-10-16(15)20-11-12-21-16/h3-4,6,8-12H2,1-2H3. The summed E-state index contributed by atoms with van der Waals surface area (Å²) in [5, 5.41) is 0. The predicted molar refractivity (Wildman–Crippen MR) is 75.2 cm³/mol. The van der Waals surface area contributed by atoms with Gasteiger partial charge in [0.1, 0.15) is 5.78 Å². The molecule has 5 heteroatoms. The second-order valence-electron chi connectivity index (χ2n) is 5.58. The van der Waals surface area contributed by atoms with E-state index in [1.165, 1.54) is 0 Å². The first-order chi connectivity index (χ1) is 10.0. The van der Waals surface area contributed by atoms with Crippen molar-refractivity contribution < 1.29 is 23.8 Å². The molecule has 1 aliphatic heterocycles. The number of rotatable bonds is 4. The molecule has 21 heavy (non-hydrogen) atoms. The molecule has 5 nitrogen and oxygen atoms in total. The minimum atomic E-state index is -0.737. The molecule has 0 aromatic carbocycles. The second-order valence-corrected chi connectivity index (χ2v) is 5.58. The van der Waals surface area contributed by atoms with Gasteiger partial charge in [-0.15, -0.1) is 0 Å². The maximum absolute atomic E-state index is 12.2. The number of unbranched alkanes of at least 4 members (excludes halogenated alkanes) is 1. The van der Waals surface area contributed by atoms with Gasteiger partial charge < -0.3 is 14.2 Å². The second kappa shape index (κ2) is 6.59. The molecule has 0 aromatic heterocycles. The summed E-state index contributed by atoms with van der Waals surface area (Å²) >= 11 is 0. The molecule has 1 saturated carbocycles. The molecule has 1 heterocycles. The quantitative estimate of drug-likeness (QED) is 0.343. The van der Waals surface area contributed by atoms with Crippen LogP contribution in [0.1, 0.15) is 46.0 Å². The topological polar surface area (TPSA) is 61.8 Å². The molecule has 1 atom stereocenters. The summed E-state index contributed by atoms with van der Waals surface area (Å²) in [6.07, 6.45) is 3.08. The van der Waals surface area contributed by atoms with Crippen LogP contribution in [0.25, 0.3) is 0 Å². The van der Waals surface area contributed by atoms with Gasteiger partial charge in [0, 0.05) is 25.2 Å². The molecule has 1 aliphatic carbocycles. The van der Waals surface area contributed by atoms with Crippen LogP contribution in [0.4, 0.5) is 0 Å². The van der Waals surface area contributed by atoms with Crippen molar-refractivity contribution in [1.29, 1.82) is 0 Å². The van der Waals surface area contributed by atoms with Gasteiger partial charge in [0.15, 0.2) is 5.79 Å². The van der Waals surface area contributed by atoms with E-state index in [0.717, 1.165) is 6.42 Å². The van der Waals surface area contributed by atoms with E-state index in [9.17, 15) is 9.59 Å². The van der Waals surface area contributed by atoms with Gasteiger partial charge in [0.2, 0.25) is 0 Å². The number of carbonyl (C=O) groups is 2. The van der Waals surface area contributed by atoms with Crippen LogP contribution < -0.4 is 0 Å². The van der Waals surface area contributed by atoms with Gasteiger partial charge in [0.25, 0.3) is 0 Å².